The zero-order valence-electron chi connectivity index (χ0n) is 16.0. The Bertz CT molecular complexity index is 644. The van der Waals surface area contributed by atoms with E-state index in [-0.39, 0.29) is 29.9 Å². The lowest BCUT2D eigenvalue weighted by molar-refractivity contribution is -0.139. The molecule has 1 spiro atoms. The van der Waals surface area contributed by atoms with Gasteiger partial charge in [0.05, 0.1) is 0 Å². The third-order valence-corrected chi connectivity index (χ3v) is 6.00. The van der Waals surface area contributed by atoms with Crippen LogP contribution in [0, 0.1) is 5.41 Å². The summed E-state index contributed by atoms with van der Waals surface area (Å²) < 4.78 is 2.03. The summed E-state index contributed by atoms with van der Waals surface area (Å²) in [5.74, 6) is 0.319. The second kappa shape index (κ2) is 7.82. The van der Waals surface area contributed by atoms with Gasteiger partial charge in [0.15, 0.2) is 0 Å². The highest BCUT2D eigenvalue weighted by atomic mass is 16.3. The van der Waals surface area contributed by atoms with Gasteiger partial charge in [0, 0.05) is 51.4 Å². The Morgan fingerprint density at radius 1 is 1.27 bits per heavy atom. The Balaban J connectivity index is 1.62. The van der Waals surface area contributed by atoms with Gasteiger partial charge in [-0.3, -0.25) is 9.59 Å². The smallest absolute Gasteiger partial charge is 0.270 e. The maximum atomic E-state index is 12.9. The van der Waals surface area contributed by atoms with E-state index in [4.69, 9.17) is 5.11 Å². The van der Waals surface area contributed by atoms with Crippen LogP contribution in [0.3, 0.4) is 0 Å². The van der Waals surface area contributed by atoms with E-state index in [1.807, 2.05) is 32.7 Å². The number of aliphatic hydroxyl groups excluding tert-OH is 1. The summed E-state index contributed by atoms with van der Waals surface area (Å²) in [7, 11) is 0. The molecule has 1 N–H and O–H groups in total. The minimum absolute atomic E-state index is 0.113. The van der Waals surface area contributed by atoms with E-state index in [1.165, 1.54) is 0 Å². The van der Waals surface area contributed by atoms with Gasteiger partial charge in [-0.15, -0.1) is 0 Å². The number of hydrogen-bond acceptors (Lipinski definition) is 3. The van der Waals surface area contributed by atoms with Crippen molar-refractivity contribution in [1.82, 2.24) is 14.4 Å². The summed E-state index contributed by atoms with van der Waals surface area (Å²) in [4.78, 5) is 28.9. The second-order valence-electron chi connectivity index (χ2n) is 8.08. The first-order chi connectivity index (χ1) is 12.5. The van der Waals surface area contributed by atoms with E-state index >= 15 is 0 Å². The van der Waals surface area contributed by atoms with Gasteiger partial charge in [0.25, 0.3) is 5.91 Å². The van der Waals surface area contributed by atoms with Crippen LogP contribution < -0.4 is 0 Å². The first-order valence-electron chi connectivity index (χ1n) is 9.80. The Morgan fingerprint density at radius 3 is 2.65 bits per heavy atom. The zero-order valence-corrected chi connectivity index (χ0v) is 16.0. The van der Waals surface area contributed by atoms with Crippen molar-refractivity contribution in [3.63, 3.8) is 0 Å². The van der Waals surface area contributed by atoms with Crippen LogP contribution >= 0.6 is 0 Å². The van der Waals surface area contributed by atoms with Crippen LogP contribution in [0.5, 0.6) is 0 Å². The Labute approximate surface area is 155 Å². The number of nitrogens with zero attached hydrogens (tertiary/aromatic N) is 3. The van der Waals surface area contributed by atoms with Crippen LogP contribution in [-0.2, 0) is 4.79 Å². The zero-order chi connectivity index (χ0) is 18.7. The predicted octanol–water partition coefficient (Wildman–Crippen LogP) is 2.30. The molecule has 26 heavy (non-hydrogen) atoms. The average Bonchev–Trinajstić information content (AvgIpc) is 3.13. The number of amides is 2. The molecular formula is C20H31N3O3. The quantitative estimate of drug-likeness (QED) is 0.875. The minimum atomic E-state index is 0.113. The number of aromatic nitrogens is 1. The van der Waals surface area contributed by atoms with Crippen molar-refractivity contribution < 1.29 is 14.7 Å². The standard InChI is InChI=1S/C20H31N3O3/c1-16(2)23-11-3-5-17(23)19(26)21-12-8-20(9-13-21)7-6-18(25)22(15-20)10-4-14-24/h3,5,11,16,24H,4,6-10,12-15H2,1-2H3. The Hall–Kier alpha value is -1.82. The molecule has 0 bridgehead atoms. The monoisotopic (exact) mass is 361 g/mol. The largest absolute Gasteiger partial charge is 0.396 e. The Morgan fingerprint density at radius 2 is 2.00 bits per heavy atom. The van der Waals surface area contributed by atoms with E-state index in [0.717, 1.165) is 44.6 Å². The fraction of sp³-hybridized carbons (Fsp3) is 0.700. The van der Waals surface area contributed by atoms with Crippen molar-refractivity contribution in [1.29, 1.82) is 0 Å². The molecule has 144 valence electrons. The summed E-state index contributed by atoms with van der Waals surface area (Å²) in [6.45, 7) is 7.21. The summed E-state index contributed by atoms with van der Waals surface area (Å²) in [5.41, 5.74) is 0.902. The van der Waals surface area contributed by atoms with Gasteiger partial charge in [-0.2, -0.15) is 0 Å². The third-order valence-electron chi connectivity index (χ3n) is 6.00. The molecule has 6 heteroatoms. The molecule has 6 nitrogen and oxygen atoms in total. The van der Waals surface area contributed by atoms with Crippen molar-refractivity contribution in [2.75, 3.05) is 32.8 Å². The lowest BCUT2D eigenvalue weighted by Crippen LogP contribution is -2.52. The number of aliphatic hydroxyl groups is 1. The minimum Gasteiger partial charge on any atom is -0.396 e. The maximum Gasteiger partial charge on any atom is 0.270 e. The number of carbonyl (C=O) groups excluding carboxylic acids is 2. The normalized spacial score (nSPS) is 20.2. The van der Waals surface area contributed by atoms with Gasteiger partial charge in [-0.1, -0.05) is 0 Å². The maximum absolute atomic E-state index is 12.9. The van der Waals surface area contributed by atoms with Crippen molar-refractivity contribution in [3.8, 4) is 0 Å². The van der Waals surface area contributed by atoms with Crippen LogP contribution in [0.2, 0.25) is 0 Å². The fourth-order valence-corrected chi connectivity index (χ4v) is 4.35. The third kappa shape index (κ3) is 3.80. The molecule has 3 rings (SSSR count). The van der Waals surface area contributed by atoms with E-state index in [0.29, 0.717) is 19.4 Å². The molecule has 0 unspecified atom stereocenters. The van der Waals surface area contributed by atoms with Crippen LogP contribution in [0.15, 0.2) is 18.3 Å². The molecule has 0 aromatic carbocycles. The first-order valence-corrected chi connectivity index (χ1v) is 9.80. The van der Waals surface area contributed by atoms with E-state index in [1.54, 1.807) is 0 Å². The number of hydrogen-bond donors (Lipinski definition) is 1. The van der Waals surface area contributed by atoms with Gasteiger partial charge < -0.3 is 19.5 Å². The summed E-state index contributed by atoms with van der Waals surface area (Å²) in [6.07, 6.45) is 6.02. The van der Waals surface area contributed by atoms with Crippen LogP contribution in [-0.4, -0.2) is 64.1 Å². The summed E-state index contributed by atoms with van der Waals surface area (Å²) >= 11 is 0. The van der Waals surface area contributed by atoms with Crippen molar-refractivity contribution in [3.05, 3.63) is 24.0 Å². The van der Waals surface area contributed by atoms with Gasteiger partial charge in [0.2, 0.25) is 5.91 Å². The number of rotatable bonds is 5. The van der Waals surface area contributed by atoms with E-state index in [2.05, 4.69) is 13.8 Å². The number of piperidine rings is 2. The molecule has 3 heterocycles. The highest BCUT2D eigenvalue weighted by Gasteiger charge is 2.41. The highest BCUT2D eigenvalue weighted by Crippen LogP contribution is 2.40. The summed E-state index contributed by atoms with van der Waals surface area (Å²) in [5, 5.41) is 9.05. The molecule has 2 aliphatic heterocycles. The molecule has 1 aromatic rings. The second-order valence-corrected chi connectivity index (χ2v) is 8.08. The molecule has 2 amide bonds. The van der Waals surface area contributed by atoms with Crippen LogP contribution in [0.4, 0.5) is 0 Å². The Kier molecular flexibility index (Phi) is 5.70. The molecule has 0 saturated carbocycles. The molecule has 0 radical (unpaired) electrons. The number of likely N-dealkylation sites (tertiary alicyclic amines) is 2. The SMILES string of the molecule is CC(C)n1cccc1C(=O)N1CCC2(CCC(=O)N(CCCO)C2)CC1. The number of carbonyl (C=O) groups is 2. The molecule has 0 atom stereocenters. The first kappa shape index (κ1) is 19.0. The molecular weight excluding hydrogens is 330 g/mol. The van der Waals surface area contributed by atoms with Crippen molar-refractivity contribution >= 4 is 11.8 Å². The van der Waals surface area contributed by atoms with Gasteiger partial charge >= 0.3 is 0 Å². The van der Waals surface area contributed by atoms with Crippen LogP contribution in [0.1, 0.15) is 62.5 Å². The molecule has 1 aromatic heterocycles. The average molecular weight is 361 g/mol. The van der Waals surface area contributed by atoms with Gasteiger partial charge in [-0.05, 0) is 57.1 Å². The van der Waals surface area contributed by atoms with Crippen molar-refractivity contribution in [2.24, 2.45) is 5.41 Å². The molecule has 2 saturated heterocycles. The highest BCUT2D eigenvalue weighted by molar-refractivity contribution is 5.93. The molecule has 2 aliphatic rings. The van der Waals surface area contributed by atoms with E-state index in [9.17, 15) is 9.59 Å². The van der Waals surface area contributed by atoms with E-state index < -0.39 is 0 Å². The van der Waals surface area contributed by atoms with Gasteiger partial charge in [-0.25, -0.2) is 0 Å². The fourth-order valence-electron chi connectivity index (χ4n) is 4.35. The lowest BCUT2D eigenvalue weighted by atomic mass is 9.72. The summed E-state index contributed by atoms with van der Waals surface area (Å²) in [6, 6.07) is 4.11. The predicted molar refractivity (Wildman–Crippen MR) is 99.9 cm³/mol. The topological polar surface area (TPSA) is 65.8 Å². The van der Waals surface area contributed by atoms with Crippen molar-refractivity contribution in [2.45, 2.75) is 52.0 Å². The van der Waals surface area contributed by atoms with Gasteiger partial charge in [0.1, 0.15) is 5.69 Å². The molecule has 0 aliphatic carbocycles. The lowest BCUT2D eigenvalue weighted by Gasteiger charge is -2.47. The van der Waals surface area contributed by atoms with Crippen LogP contribution in [0.25, 0.3) is 0 Å². The molecule has 2 fully saturated rings.